The minimum atomic E-state index is -4.30. The van der Waals surface area contributed by atoms with Crippen LogP contribution in [0.1, 0.15) is 136 Å². The van der Waals surface area contributed by atoms with Crippen molar-refractivity contribution in [3.05, 3.63) is 12.2 Å². The molecule has 0 aromatic rings. The van der Waals surface area contributed by atoms with E-state index < -0.39 is 20.0 Å². The average Bonchev–Trinajstić information content (AvgIpc) is 2.90. The Morgan fingerprint density at radius 3 is 1.88 bits per heavy atom. The molecule has 0 rings (SSSR count). The average molecular weight is 606 g/mol. The number of allylic oxidation sites excluding steroid dienone is 2. The third-order valence-corrected chi connectivity index (χ3v) is 8.25. The molecule has 0 heterocycles. The van der Waals surface area contributed by atoms with Gasteiger partial charge in [-0.05, 0) is 38.5 Å². The summed E-state index contributed by atoms with van der Waals surface area (Å²) >= 11 is 0. The number of phosphoric ester groups is 1. The van der Waals surface area contributed by atoms with Gasteiger partial charge < -0.3 is 19.8 Å². The lowest BCUT2D eigenvalue weighted by Gasteiger charge is -2.26. The minimum Gasteiger partial charge on any atom is -0.391 e. The van der Waals surface area contributed by atoms with Crippen molar-refractivity contribution in [3.8, 4) is 0 Å². The number of hydrogen-bond acceptors (Lipinski definition) is 5. The largest absolute Gasteiger partial charge is 0.472 e. The number of quaternary nitrogens is 1. The zero-order chi connectivity index (χ0) is 30.8. The van der Waals surface area contributed by atoms with Gasteiger partial charge >= 0.3 is 7.82 Å². The summed E-state index contributed by atoms with van der Waals surface area (Å²) in [5.41, 5.74) is 0. The quantitative estimate of drug-likeness (QED) is 0.0350. The summed E-state index contributed by atoms with van der Waals surface area (Å²) in [6.07, 6.45) is 23.9. The maximum Gasteiger partial charge on any atom is 0.472 e. The predicted octanol–water partition coefficient (Wildman–Crippen LogP) is 7.68. The van der Waals surface area contributed by atoms with E-state index in [1.807, 2.05) is 21.1 Å². The van der Waals surface area contributed by atoms with E-state index in [0.29, 0.717) is 23.9 Å². The first-order valence-corrected chi connectivity index (χ1v) is 18.0. The Balaban J connectivity index is 4.59. The summed E-state index contributed by atoms with van der Waals surface area (Å²) in [5, 5.41) is 13.7. The maximum atomic E-state index is 12.6. The molecular formula is C32H66N2O6P+. The summed E-state index contributed by atoms with van der Waals surface area (Å²) in [7, 11) is 1.59. The molecule has 41 heavy (non-hydrogen) atoms. The lowest BCUT2D eigenvalue weighted by Crippen LogP contribution is -2.46. The summed E-state index contributed by atoms with van der Waals surface area (Å²) in [5.74, 6) is -0.164. The molecule has 0 saturated carbocycles. The highest BCUT2D eigenvalue weighted by molar-refractivity contribution is 7.47. The number of carbonyl (C=O) groups is 1. The van der Waals surface area contributed by atoms with E-state index in [4.69, 9.17) is 9.05 Å². The summed E-state index contributed by atoms with van der Waals surface area (Å²) in [4.78, 5) is 22.8. The molecule has 1 amide bonds. The number of nitrogens with zero attached hydrogens (tertiary/aromatic N) is 1. The molecule has 0 radical (unpaired) electrons. The monoisotopic (exact) mass is 605 g/mol. The van der Waals surface area contributed by atoms with Crippen LogP contribution in [0.2, 0.25) is 0 Å². The molecule has 0 aliphatic carbocycles. The van der Waals surface area contributed by atoms with Crippen molar-refractivity contribution >= 4 is 13.7 Å². The van der Waals surface area contributed by atoms with E-state index in [1.54, 1.807) is 0 Å². The molecule has 0 fully saturated rings. The fraction of sp³-hybridized carbons (Fsp3) is 0.906. The molecular weight excluding hydrogens is 539 g/mol. The third-order valence-electron chi connectivity index (χ3n) is 7.26. The smallest absolute Gasteiger partial charge is 0.391 e. The minimum absolute atomic E-state index is 0.0709. The predicted molar refractivity (Wildman–Crippen MR) is 171 cm³/mol. The van der Waals surface area contributed by atoms with Crippen molar-refractivity contribution in [2.24, 2.45) is 0 Å². The van der Waals surface area contributed by atoms with E-state index in [9.17, 15) is 19.4 Å². The number of amides is 1. The Labute approximate surface area is 252 Å². The van der Waals surface area contributed by atoms with E-state index in [2.05, 4.69) is 31.3 Å². The Kier molecular flexibility index (Phi) is 25.2. The third kappa shape index (κ3) is 27.8. The molecule has 0 aliphatic rings. The second-order valence-electron chi connectivity index (χ2n) is 12.5. The van der Waals surface area contributed by atoms with Crippen LogP contribution in [0.25, 0.3) is 0 Å². The van der Waals surface area contributed by atoms with Crippen LogP contribution in [-0.4, -0.2) is 73.4 Å². The first kappa shape index (κ1) is 40.2. The van der Waals surface area contributed by atoms with Crippen LogP contribution in [0, 0.1) is 0 Å². The molecule has 0 saturated heterocycles. The Morgan fingerprint density at radius 2 is 1.32 bits per heavy atom. The molecule has 0 spiro atoms. The number of rotatable bonds is 29. The fourth-order valence-corrected chi connectivity index (χ4v) is 5.24. The zero-order valence-electron chi connectivity index (χ0n) is 27.3. The molecule has 3 N–H and O–H groups in total. The van der Waals surface area contributed by atoms with Gasteiger partial charge in [-0.3, -0.25) is 13.8 Å². The van der Waals surface area contributed by atoms with Crippen molar-refractivity contribution < 1.29 is 32.9 Å². The van der Waals surface area contributed by atoms with Crippen LogP contribution < -0.4 is 5.32 Å². The Morgan fingerprint density at radius 1 is 0.805 bits per heavy atom. The number of aliphatic hydroxyl groups excluding tert-OH is 1. The number of aliphatic hydroxyl groups is 1. The first-order valence-electron chi connectivity index (χ1n) is 16.6. The lowest BCUT2D eigenvalue weighted by atomic mass is 10.0. The number of unbranched alkanes of at least 4 members (excludes halogenated alkanes) is 14. The van der Waals surface area contributed by atoms with E-state index in [0.717, 1.165) is 44.9 Å². The molecule has 9 heteroatoms. The van der Waals surface area contributed by atoms with Crippen LogP contribution >= 0.6 is 7.82 Å². The highest BCUT2D eigenvalue weighted by Gasteiger charge is 2.28. The Bertz CT molecular complexity index is 698. The van der Waals surface area contributed by atoms with E-state index in [-0.39, 0.29) is 19.1 Å². The van der Waals surface area contributed by atoms with Gasteiger partial charge in [0.05, 0.1) is 39.9 Å². The van der Waals surface area contributed by atoms with E-state index >= 15 is 0 Å². The standard InChI is InChI=1S/C32H65N2O6P/c1-6-8-10-12-14-15-16-17-18-20-21-23-25-31(35)30(29-40-41(37,38)39-28-27-34(3,4)5)33-32(36)26-24-22-19-13-11-9-7-2/h17-18,30-31,35H,6-16,19-29H2,1-5H3,(H-,33,36,37,38)/p+1/b18-17+/t30-,31+/m0/s1. The van der Waals surface area contributed by atoms with Gasteiger partial charge in [0, 0.05) is 6.42 Å². The van der Waals surface area contributed by atoms with Gasteiger partial charge in [-0.15, -0.1) is 0 Å². The van der Waals surface area contributed by atoms with Gasteiger partial charge in [-0.1, -0.05) is 103 Å². The number of nitrogens with one attached hydrogen (secondary N) is 1. The second kappa shape index (κ2) is 25.7. The first-order chi connectivity index (χ1) is 19.5. The van der Waals surface area contributed by atoms with Crippen LogP contribution in [0.4, 0.5) is 0 Å². The summed E-state index contributed by atoms with van der Waals surface area (Å²) in [6.45, 7) is 4.77. The van der Waals surface area contributed by atoms with Crippen molar-refractivity contribution in [1.82, 2.24) is 5.32 Å². The molecule has 0 aromatic heterocycles. The number of hydrogen-bond donors (Lipinski definition) is 3. The topological polar surface area (TPSA) is 105 Å². The van der Waals surface area contributed by atoms with Gasteiger partial charge in [0.25, 0.3) is 0 Å². The zero-order valence-corrected chi connectivity index (χ0v) is 28.2. The van der Waals surface area contributed by atoms with Crippen molar-refractivity contribution in [3.63, 3.8) is 0 Å². The second-order valence-corrected chi connectivity index (χ2v) is 14.0. The highest BCUT2D eigenvalue weighted by Crippen LogP contribution is 2.43. The van der Waals surface area contributed by atoms with Crippen molar-refractivity contribution in [1.29, 1.82) is 0 Å². The number of likely N-dealkylation sites (N-methyl/N-ethyl adjacent to an activating group) is 1. The van der Waals surface area contributed by atoms with Gasteiger partial charge in [-0.25, -0.2) is 4.57 Å². The van der Waals surface area contributed by atoms with Gasteiger partial charge in [0.15, 0.2) is 0 Å². The van der Waals surface area contributed by atoms with Gasteiger partial charge in [0.2, 0.25) is 5.91 Å². The Hall–Kier alpha value is -0.760. The van der Waals surface area contributed by atoms with Crippen LogP contribution in [-0.2, 0) is 18.4 Å². The molecule has 8 nitrogen and oxygen atoms in total. The van der Waals surface area contributed by atoms with E-state index in [1.165, 1.54) is 64.2 Å². The molecule has 0 aliphatic heterocycles. The van der Waals surface area contributed by atoms with Crippen LogP contribution in [0.5, 0.6) is 0 Å². The molecule has 3 atom stereocenters. The van der Waals surface area contributed by atoms with Crippen molar-refractivity contribution in [2.45, 2.75) is 148 Å². The number of carbonyl (C=O) groups excluding carboxylic acids is 1. The van der Waals surface area contributed by atoms with Gasteiger partial charge in [0.1, 0.15) is 13.2 Å². The van der Waals surface area contributed by atoms with Gasteiger partial charge in [-0.2, -0.15) is 0 Å². The number of phosphoric acid groups is 1. The lowest BCUT2D eigenvalue weighted by molar-refractivity contribution is -0.870. The fourth-order valence-electron chi connectivity index (χ4n) is 4.51. The summed E-state index contributed by atoms with van der Waals surface area (Å²) in [6, 6.07) is -0.766. The normalized spacial score (nSPS) is 15.2. The maximum absolute atomic E-state index is 12.6. The van der Waals surface area contributed by atoms with Crippen LogP contribution in [0.3, 0.4) is 0 Å². The highest BCUT2D eigenvalue weighted by atomic mass is 31.2. The summed E-state index contributed by atoms with van der Waals surface area (Å²) < 4.78 is 23.3. The van der Waals surface area contributed by atoms with Crippen molar-refractivity contribution in [2.75, 3.05) is 40.9 Å². The molecule has 0 bridgehead atoms. The SMILES string of the molecule is CCCCCCCC/C=C/CCCC[C@@H](O)[C@H](COP(=O)(O)OCC[N+](C)(C)C)NC(=O)CCCCCCCCC. The molecule has 0 aromatic carbocycles. The van der Waals surface area contributed by atoms with Crippen LogP contribution in [0.15, 0.2) is 12.2 Å². The molecule has 1 unspecified atom stereocenters. The molecule has 244 valence electrons.